The lowest BCUT2D eigenvalue weighted by molar-refractivity contribution is -0.155. The molecule has 3 atom stereocenters. The molecule has 2 aliphatic carbocycles. The molecule has 2 aromatic heterocycles. The Morgan fingerprint density at radius 3 is 2.41 bits per heavy atom. The normalized spacial score (nSPS) is 22.6. The summed E-state index contributed by atoms with van der Waals surface area (Å²) in [7, 11) is 0. The number of carbonyl (C=O) groups excluding carboxylic acids is 1. The molecule has 2 aliphatic rings. The third kappa shape index (κ3) is 5.02. The van der Waals surface area contributed by atoms with Gasteiger partial charge in [-0.3, -0.25) is 4.79 Å². The minimum atomic E-state index is -4.52. The van der Waals surface area contributed by atoms with Crippen molar-refractivity contribution in [2.75, 3.05) is 0 Å². The van der Waals surface area contributed by atoms with Gasteiger partial charge in [0, 0.05) is 18.8 Å². The summed E-state index contributed by atoms with van der Waals surface area (Å²) in [5, 5.41) is 4.27. The first kappa shape index (κ1) is 22.9. The van der Waals surface area contributed by atoms with Crippen LogP contribution in [0.1, 0.15) is 68.2 Å². The lowest BCUT2D eigenvalue weighted by atomic mass is 9.80. The highest BCUT2D eigenvalue weighted by Crippen LogP contribution is 2.49. The summed E-state index contributed by atoms with van der Waals surface area (Å²) < 4.78 is 67.7. The Bertz CT molecular complexity index is 977. The second kappa shape index (κ2) is 8.24. The number of fused-ring (bicyclic) bond motifs is 1. The molecular weight excluding hydrogens is 433 g/mol. The molecule has 0 radical (unpaired) electrons. The number of alkyl halides is 5. The molecule has 0 aliphatic heterocycles. The molecule has 0 bridgehead atoms. The second-order valence-corrected chi connectivity index (χ2v) is 9.17. The molecule has 1 amide bonds. The fourth-order valence-corrected chi connectivity index (χ4v) is 4.86. The largest absolute Gasteiger partial charge is 0.389 e. The number of carbonyl (C=O) groups is 1. The van der Waals surface area contributed by atoms with Gasteiger partial charge >= 0.3 is 6.18 Å². The van der Waals surface area contributed by atoms with Gasteiger partial charge in [0.15, 0.2) is 5.65 Å². The summed E-state index contributed by atoms with van der Waals surface area (Å²) in [4.78, 5) is 16.4. The van der Waals surface area contributed by atoms with Crippen LogP contribution < -0.4 is 11.5 Å². The standard InChI is InChI=1S/C21H26F5N5O/c22-20(23)5-3-12(4-6-20)18(27)15-10-31-16(30-15)7-13(9-29-31)17(11-1-2-11)14(19(28)32)8-21(24,25)26/h7,9-12,14,17-18H,1-6,8,27H2,(H2,28,32)/t14?,17-,18-/m0/s1. The molecule has 0 saturated heterocycles. The van der Waals surface area contributed by atoms with Crippen LogP contribution in [0.15, 0.2) is 18.5 Å². The summed E-state index contributed by atoms with van der Waals surface area (Å²) in [6, 6.07) is 1.08. The number of halogens is 5. The number of nitrogens with zero attached hydrogens (tertiary/aromatic N) is 3. The van der Waals surface area contributed by atoms with Crippen molar-refractivity contribution in [1.82, 2.24) is 14.6 Å². The Labute approximate surface area is 181 Å². The highest BCUT2D eigenvalue weighted by Gasteiger charge is 2.45. The van der Waals surface area contributed by atoms with Crippen LogP contribution in [-0.4, -0.2) is 32.6 Å². The number of hydrogen-bond donors (Lipinski definition) is 2. The average molecular weight is 459 g/mol. The van der Waals surface area contributed by atoms with Gasteiger partial charge in [-0.1, -0.05) is 0 Å². The van der Waals surface area contributed by atoms with Gasteiger partial charge in [-0.2, -0.15) is 18.3 Å². The zero-order valence-corrected chi connectivity index (χ0v) is 17.4. The molecule has 4 N–H and O–H groups in total. The molecule has 2 aromatic rings. The lowest BCUT2D eigenvalue weighted by Gasteiger charge is -2.31. The van der Waals surface area contributed by atoms with Crippen LogP contribution in [0.3, 0.4) is 0 Å². The van der Waals surface area contributed by atoms with Gasteiger partial charge in [-0.25, -0.2) is 18.3 Å². The minimum absolute atomic E-state index is 0.0697. The van der Waals surface area contributed by atoms with E-state index in [-0.39, 0.29) is 24.7 Å². The molecule has 0 aromatic carbocycles. The lowest BCUT2D eigenvalue weighted by Crippen LogP contribution is -2.34. The van der Waals surface area contributed by atoms with E-state index >= 15 is 0 Å². The Morgan fingerprint density at radius 2 is 1.84 bits per heavy atom. The quantitative estimate of drug-likeness (QED) is 0.609. The minimum Gasteiger partial charge on any atom is -0.369 e. The van der Waals surface area contributed by atoms with Crippen molar-refractivity contribution in [3.8, 4) is 0 Å². The van der Waals surface area contributed by atoms with E-state index in [9.17, 15) is 26.7 Å². The zero-order valence-electron chi connectivity index (χ0n) is 17.4. The summed E-state index contributed by atoms with van der Waals surface area (Å²) in [5.74, 6) is -5.92. The van der Waals surface area contributed by atoms with Crippen LogP contribution in [0.4, 0.5) is 22.0 Å². The molecular formula is C21H26F5N5O. The van der Waals surface area contributed by atoms with E-state index in [4.69, 9.17) is 11.5 Å². The summed E-state index contributed by atoms with van der Waals surface area (Å²) >= 11 is 0. The molecule has 32 heavy (non-hydrogen) atoms. The van der Waals surface area contributed by atoms with E-state index in [2.05, 4.69) is 10.1 Å². The van der Waals surface area contributed by atoms with Crippen molar-refractivity contribution in [3.05, 3.63) is 29.7 Å². The van der Waals surface area contributed by atoms with Gasteiger partial charge in [-0.05, 0) is 49.1 Å². The number of nitrogens with two attached hydrogens (primary N) is 2. The van der Waals surface area contributed by atoms with Gasteiger partial charge in [-0.15, -0.1) is 0 Å². The Morgan fingerprint density at radius 1 is 1.19 bits per heavy atom. The van der Waals surface area contributed by atoms with Crippen LogP contribution in [0.25, 0.3) is 5.65 Å². The van der Waals surface area contributed by atoms with Crippen LogP contribution in [0.2, 0.25) is 0 Å². The van der Waals surface area contributed by atoms with Crippen molar-refractivity contribution in [1.29, 1.82) is 0 Å². The maximum atomic E-state index is 13.5. The Hall–Kier alpha value is -2.30. The Kier molecular flexibility index (Phi) is 5.89. The monoisotopic (exact) mass is 459 g/mol. The van der Waals surface area contributed by atoms with Crippen molar-refractivity contribution in [2.24, 2.45) is 29.2 Å². The number of amides is 1. The van der Waals surface area contributed by atoms with Gasteiger partial charge in [0.05, 0.1) is 36.5 Å². The maximum Gasteiger partial charge on any atom is 0.389 e. The molecule has 2 saturated carbocycles. The number of aromatic nitrogens is 3. The van der Waals surface area contributed by atoms with Crippen LogP contribution in [-0.2, 0) is 4.79 Å². The van der Waals surface area contributed by atoms with Gasteiger partial charge < -0.3 is 11.5 Å². The number of imidazole rings is 1. The molecule has 2 heterocycles. The van der Waals surface area contributed by atoms with Crippen molar-refractivity contribution >= 4 is 11.6 Å². The van der Waals surface area contributed by atoms with Gasteiger partial charge in [0.1, 0.15) is 0 Å². The van der Waals surface area contributed by atoms with Gasteiger partial charge in [0.25, 0.3) is 0 Å². The maximum absolute atomic E-state index is 13.5. The molecule has 2 fully saturated rings. The van der Waals surface area contributed by atoms with Crippen LogP contribution in [0.5, 0.6) is 0 Å². The highest BCUT2D eigenvalue weighted by molar-refractivity contribution is 5.78. The topological polar surface area (TPSA) is 99.3 Å². The Balaban J connectivity index is 1.59. The van der Waals surface area contributed by atoms with Crippen molar-refractivity contribution in [3.63, 3.8) is 0 Å². The fraction of sp³-hybridized carbons (Fsp3) is 0.667. The van der Waals surface area contributed by atoms with E-state index in [1.54, 1.807) is 12.3 Å². The van der Waals surface area contributed by atoms with E-state index in [0.717, 1.165) is 0 Å². The predicted octanol–water partition coefficient (Wildman–Crippen LogP) is 4.10. The zero-order chi connectivity index (χ0) is 23.3. The molecule has 176 valence electrons. The average Bonchev–Trinajstić information content (AvgIpc) is 3.43. The number of primary amides is 1. The molecule has 11 heteroatoms. The smallest absolute Gasteiger partial charge is 0.369 e. The highest BCUT2D eigenvalue weighted by atomic mass is 19.4. The molecule has 1 unspecified atom stereocenters. The molecule has 0 spiro atoms. The fourth-order valence-electron chi connectivity index (χ4n) is 4.86. The first-order valence-corrected chi connectivity index (χ1v) is 10.8. The summed E-state index contributed by atoms with van der Waals surface area (Å²) in [6.07, 6.45) is -1.15. The molecule has 6 nitrogen and oxygen atoms in total. The predicted molar refractivity (Wildman–Crippen MR) is 106 cm³/mol. The molecule has 4 rings (SSSR count). The summed E-state index contributed by atoms with van der Waals surface area (Å²) in [6.45, 7) is 0. The van der Waals surface area contributed by atoms with Gasteiger partial charge in [0.2, 0.25) is 11.8 Å². The van der Waals surface area contributed by atoms with Crippen LogP contribution in [0, 0.1) is 17.8 Å². The first-order valence-electron chi connectivity index (χ1n) is 10.8. The third-order valence-corrected chi connectivity index (χ3v) is 6.74. The van der Waals surface area contributed by atoms with Crippen molar-refractivity contribution < 1.29 is 26.7 Å². The third-order valence-electron chi connectivity index (χ3n) is 6.74. The van der Waals surface area contributed by atoms with Crippen molar-refractivity contribution in [2.45, 2.75) is 69.0 Å². The van der Waals surface area contributed by atoms with E-state index in [0.29, 0.717) is 42.6 Å². The second-order valence-electron chi connectivity index (χ2n) is 9.17. The van der Waals surface area contributed by atoms with E-state index < -0.39 is 42.3 Å². The van der Waals surface area contributed by atoms with Crippen LogP contribution >= 0.6 is 0 Å². The number of hydrogen-bond acceptors (Lipinski definition) is 4. The first-order chi connectivity index (χ1) is 14.9. The SMILES string of the molecule is NC(=O)C(CC(F)(F)F)[C@H](c1cnn2cc([C@@H](N)C3CCC(F)(F)CC3)nc2c1)C1CC1. The number of rotatable bonds is 7. The van der Waals surface area contributed by atoms with E-state index in [1.165, 1.54) is 10.7 Å². The summed E-state index contributed by atoms with van der Waals surface area (Å²) in [5.41, 5.74) is 13.0. The van der Waals surface area contributed by atoms with E-state index in [1.807, 2.05) is 0 Å².